The van der Waals surface area contributed by atoms with Crippen molar-refractivity contribution in [3.63, 3.8) is 0 Å². The third-order valence-electron chi connectivity index (χ3n) is 13.2. The van der Waals surface area contributed by atoms with Gasteiger partial charge in [-0.25, -0.2) is 0 Å². The molecule has 58 heavy (non-hydrogen) atoms. The van der Waals surface area contributed by atoms with Crippen LogP contribution in [0.1, 0.15) is 0 Å². The molecular formula is C54H28N2S2. The molecule has 6 aromatic heterocycles. The van der Waals surface area contributed by atoms with Gasteiger partial charge in [-0.3, -0.25) is 0 Å². The Balaban J connectivity index is 1.18. The Bertz CT molecular complexity index is 3960. The molecule has 9 aromatic carbocycles. The van der Waals surface area contributed by atoms with E-state index in [1.165, 1.54) is 139 Å². The maximum absolute atomic E-state index is 2.60. The second-order valence-corrected chi connectivity index (χ2v) is 18.0. The Kier molecular flexibility index (Phi) is 5.46. The molecule has 0 saturated carbocycles. The number of fused-ring (bicyclic) bond motifs is 20. The number of thiophene rings is 2. The average molecular weight is 769 g/mol. The van der Waals surface area contributed by atoms with Crippen molar-refractivity contribution < 1.29 is 0 Å². The predicted octanol–water partition coefficient (Wildman–Crippen LogP) is 16.1. The number of hydrogen-bond acceptors (Lipinski definition) is 2. The van der Waals surface area contributed by atoms with E-state index in [-0.39, 0.29) is 0 Å². The van der Waals surface area contributed by atoms with E-state index < -0.39 is 0 Å². The summed E-state index contributed by atoms with van der Waals surface area (Å²) >= 11 is 3.85. The molecule has 0 aliphatic carbocycles. The molecule has 2 nitrogen and oxygen atoms in total. The smallest absolute Gasteiger partial charge is 0.0627 e. The number of nitrogens with zero attached hydrogens (tertiary/aromatic N) is 2. The summed E-state index contributed by atoms with van der Waals surface area (Å²) in [7, 11) is 0. The minimum atomic E-state index is 1.24. The van der Waals surface area contributed by atoms with Crippen LogP contribution in [-0.4, -0.2) is 8.80 Å². The normalized spacial score (nSPS) is 12.8. The third kappa shape index (κ3) is 3.53. The van der Waals surface area contributed by atoms with Crippen LogP contribution in [0.15, 0.2) is 170 Å². The summed E-state index contributed by atoms with van der Waals surface area (Å²) < 4.78 is 10.6. The van der Waals surface area contributed by atoms with Gasteiger partial charge in [-0.2, -0.15) is 0 Å². The fourth-order valence-corrected chi connectivity index (χ4v) is 13.4. The van der Waals surface area contributed by atoms with Crippen LogP contribution in [0.4, 0.5) is 0 Å². The van der Waals surface area contributed by atoms with Crippen LogP contribution in [0, 0.1) is 0 Å². The van der Waals surface area contributed by atoms with Gasteiger partial charge in [0.25, 0.3) is 0 Å². The first kappa shape index (κ1) is 30.2. The highest BCUT2D eigenvalue weighted by atomic mass is 32.1. The first-order chi connectivity index (χ1) is 28.8. The third-order valence-corrected chi connectivity index (χ3v) is 15.6. The second-order valence-electron chi connectivity index (χ2n) is 15.9. The fourth-order valence-electron chi connectivity index (χ4n) is 10.9. The maximum atomic E-state index is 2.60. The molecule has 0 fully saturated rings. The number of benzene rings is 9. The van der Waals surface area contributed by atoms with Gasteiger partial charge in [0.05, 0.1) is 33.1 Å². The average Bonchev–Trinajstić information content (AvgIpc) is 4.12. The van der Waals surface area contributed by atoms with Crippen LogP contribution in [0.3, 0.4) is 0 Å². The number of aromatic nitrogens is 2. The molecule has 15 aromatic rings. The van der Waals surface area contributed by atoms with Gasteiger partial charge in [0.15, 0.2) is 0 Å². The predicted molar refractivity (Wildman–Crippen MR) is 252 cm³/mol. The Morgan fingerprint density at radius 1 is 0.293 bits per heavy atom. The van der Waals surface area contributed by atoms with Crippen molar-refractivity contribution in [3.8, 4) is 22.3 Å². The quantitative estimate of drug-likeness (QED) is 0.166. The van der Waals surface area contributed by atoms with Crippen molar-refractivity contribution in [3.05, 3.63) is 170 Å². The highest BCUT2D eigenvalue weighted by Gasteiger charge is 2.27. The SMILES string of the molecule is c1ccc(-c2ccc3c4c5sc6ccccc6c5ccc4n4c5cc6c7c(-c8ccccc8)ccc8c9c%10sc%11ccccc%11c%10ccc9n(c6cc5c2c34)c87)cc1. The molecule has 6 heterocycles. The lowest BCUT2D eigenvalue weighted by atomic mass is 9.95. The Hall–Kier alpha value is -6.98. The molecule has 0 spiro atoms. The number of rotatable bonds is 2. The monoisotopic (exact) mass is 768 g/mol. The van der Waals surface area contributed by atoms with E-state index in [9.17, 15) is 0 Å². The van der Waals surface area contributed by atoms with E-state index in [1.807, 2.05) is 22.7 Å². The zero-order chi connectivity index (χ0) is 37.4. The molecule has 0 atom stereocenters. The summed E-state index contributed by atoms with van der Waals surface area (Å²) in [5.41, 5.74) is 12.7. The molecule has 266 valence electrons. The molecule has 0 radical (unpaired) electrons. The van der Waals surface area contributed by atoms with Crippen molar-refractivity contribution >= 4 is 139 Å². The molecule has 0 aliphatic heterocycles. The Morgan fingerprint density at radius 3 is 1.17 bits per heavy atom. The summed E-state index contributed by atoms with van der Waals surface area (Å²) in [6.45, 7) is 0. The molecule has 0 amide bonds. The van der Waals surface area contributed by atoms with E-state index in [0.717, 1.165) is 0 Å². The van der Waals surface area contributed by atoms with Gasteiger partial charge in [-0.15, -0.1) is 22.7 Å². The van der Waals surface area contributed by atoms with E-state index in [4.69, 9.17) is 0 Å². The van der Waals surface area contributed by atoms with Crippen LogP contribution < -0.4 is 0 Å². The van der Waals surface area contributed by atoms with Gasteiger partial charge in [0, 0.05) is 83.4 Å². The zero-order valence-corrected chi connectivity index (χ0v) is 32.5. The van der Waals surface area contributed by atoms with Gasteiger partial charge < -0.3 is 8.80 Å². The van der Waals surface area contributed by atoms with Gasteiger partial charge in [0.1, 0.15) is 0 Å². The molecule has 0 aliphatic rings. The Labute approximate surface area is 338 Å². The summed E-state index contributed by atoms with van der Waals surface area (Å²) in [5.74, 6) is 0. The molecule has 15 rings (SSSR count). The first-order valence-electron chi connectivity index (χ1n) is 19.9. The van der Waals surface area contributed by atoms with E-state index >= 15 is 0 Å². The standard InChI is InChI=1S/C54H28N2S2/c1-3-11-29(12-4-1)31-19-21-37-49-41(25-23-35-33-15-7-9-17-45(33)57-53(35)49)55-43-28-40-44(27-39(43)47(31)51(37)55)56-42-26-24-36-34-16-8-10-18-46(34)58-54(36)50(42)38-22-20-32(48(40)52(38)56)30-13-5-2-6-14-30/h1-28H. The van der Waals surface area contributed by atoms with Gasteiger partial charge in [0.2, 0.25) is 0 Å². The second kappa shape index (κ2) is 10.5. The van der Waals surface area contributed by atoms with Crippen molar-refractivity contribution in [1.82, 2.24) is 8.80 Å². The molecule has 0 N–H and O–H groups in total. The summed E-state index contributed by atoms with van der Waals surface area (Å²) in [6, 6.07) is 63.8. The summed E-state index contributed by atoms with van der Waals surface area (Å²) in [6.07, 6.45) is 0. The van der Waals surface area contributed by atoms with Crippen LogP contribution in [0.5, 0.6) is 0 Å². The molecule has 0 bridgehead atoms. The topological polar surface area (TPSA) is 8.82 Å². The van der Waals surface area contributed by atoms with Crippen molar-refractivity contribution in [2.75, 3.05) is 0 Å². The lowest BCUT2D eigenvalue weighted by Gasteiger charge is -2.07. The summed E-state index contributed by atoms with van der Waals surface area (Å²) in [5, 5.41) is 16.0. The highest BCUT2D eigenvalue weighted by Crippen LogP contribution is 2.52. The largest absolute Gasteiger partial charge is 0.308 e. The van der Waals surface area contributed by atoms with Crippen molar-refractivity contribution in [1.29, 1.82) is 0 Å². The lowest BCUT2D eigenvalue weighted by molar-refractivity contribution is 1.36. The van der Waals surface area contributed by atoms with Crippen LogP contribution in [-0.2, 0) is 0 Å². The fraction of sp³-hybridized carbons (Fsp3) is 0. The Morgan fingerprint density at radius 2 is 0.707 bits per heavy atom. The van der Waals surface area contributed by atoms with E-state index in [1.54, 1.807) is 0 Å². The van der Waals surface area contributed by atoms with E-state index in [2.05, 4.69) is 179 Å². The first-order valence-corrected chi connectivity index (χ1v) is 21.6. The van der Waals surface area contributed by atoms with Gasteiger partial charge >= 0.3 is 0 Å². The van der Waals surface area contributed by atoms with E-state index in [0.29, 0.717) is 0 Å². The van der Waals surface area contributed by atoms with Crippen LogP contribution in [0.25, 0.3) is 139 Å². The van der Waals surface area contributed by atoms with Crippen molar-refractivity contribution in [2.45, 2.75) is 0 Å². The number of hydrogen-bond donors (Lipinski definition) is 0. The minimum Gasteiger partial charge on any atom is -0.308 e. The van der Waals surface area contributed by atoms with Crippen LogP contribution >= 0.6 is 22.7 Å². The lowest BCUT2D eigenvalue weighted by Crippen LogP contribution is -1.84. The summed E-state index contributed by atoms with van der Waals surface area (Å²) in [4.78, 5) is 0. The zero-order valence-electron chi connectivity index (χ0n) is 30.9. The van der Waals surface area contributed by atoms with Gasteiger partial charge in [-0.05, 0) is 58.7 Å². The minimum absolute atomic E-state index is 1.24. The highest BCUT2D eigenvalue weighted by molar-refractivity contribution is 7.27. The molecular weight excluding hydrogens is 741 g/mol. The van der Waals surface area contributed by atoms with Gasteiger partial charge in [-0.1, -0.05) is 133 Å². The molecule has 4 heteroatoms. The molecule has 0 saturated heterocycles. The maximum Gasteiger partial charge on any atom is 0.0627 e. The van der Waals surface area contributed by atoms with Crippen molar-refractivity contribution in [2.24, 2.45) is 0 Å². The van der Waals surface area contributed by atoms with Crippen LogP contribution in [0.2, 0.25) is 0 Å². The molecule has 0 unspecified atom stereocenters.